The number of likely N-dealkylation sites (N-methyl/N-ethyl adjacent to an activating group) is 2. The van der Waals surface area contributed by atoms with Crippen molar-refractivity contribution >= 4 is 46.0 Å². The molecule has 0 bridgehead atoms. The van der Waals surface area contributed by atoms with E-state index in [1.165, 1.54) is 11.8 Å². The summed E-state index contributed by atoms with van der Waals surface area (Å²) in [6, 6.07) is 5.90. The highest BCUT2D eigenvalue weighted by atomic mass is 32.2. The number of allylic oxidation sites excluding steroid dienone is 1. The van der Waals surface area contributed by atoms with Gasteiger partial charge in [0, 0.05) is 24.8 Å². The third kappa shape index (κ3) is 2.32. The Balaban J connectivity index is 2.04. The van der Waals surface area contributed by atoms with E-state index in [2.05, 4.69) is 0 Å². The first-order valence-electron chi connectivity index (χ1n) is 6.94. The Kier molecular flexibility index (Phi) is 3.97. The van der Waals surface area contributed by atoms with Gasteiger partial charge in [-0.05, 0) is 31.2 Å². The zero-order valence-corrected chi connectivity index (χ0v) is 14.3. The quantitative estimate of drug-likeness (QED) is 0.613. The van der Waals surface area contributed by atoms with Crippen LogP contribution in [-0.2, 0) is 4.79 Å². The van der Waals surface area contributed by atoms with Crippen LogP contribution in [0.4, 0.5) is 5.69 Å². The van der Waals surface area contributed by atoms with Crippen molar-refractivity contribution in [2.24, 2.45) is 0 Å². The minimum Gasteiger partial charge on any atom is -0.497 e. The normalized spacial score (nSPS) is 20.7. The Bertz CT molecular complexity index is 725. The molecule has 0 radical (unpaired) electrons. The number of benzene rings is 1. The van der Waals surface area contributed by atoms with Gasteiger partial charge in [-0.15, -0.1) is 0 Å². The number of anilines is 1. The largest absolute Gasteiger partial charge is 0.497 e. The van der Waals surface area contributed by atoms with Crippen molar-refractivity contribution in [2.45, 2.75) is 6.92 Å². The summed E-state index contributed by atoms with van der Waals surface area (Å²) in [5.74, 6) is 0.804. The van der Waals surface area contributed by atoms with Gasteiger partial charge < -0.3 is 9.64 Å². The summed E-state index contributed by atoms with van der Waals surface area (Å²) in [4.78, 5) is 16.8. The SMILES string of the molecule is CCN1C(=O)C(=C2C=Cc3cc(OC)ccc3N2C)SC1=S. The van der Waals surface area contributed by atoms with Crippen LogP contribution in [-0.4, -0.2) is 35.8 Å². The monoisotopic (exact) mass is 332 g/mol. The number of rotatable bonds is 2. The number of thiocarbonyl (C=S) groups is 1. The zero-order valence-electron chi connectivity index (χ0n) is 12.6. The number of ether oxygens (including phenoxy) is 1. The Morgan fingerprint density at radius 1 is 1.32 bits per heavy atom. The number of methoxy groups -OCH3 is 1. The van der Waals surface area contributed by atoms with Crippen LogP contribution in [0.3, 0.4) is 0 Å². The number of amides is 1. The summed E-state index contributed by atoms with van der Waals surface area (Å²) in [6.07, 6.45) is 3.97. The summed E-state index contributed by atoms with van der Waals surface area (Å²) < 4.78 is 5.88. The maximum Gasteiger partial charge on any atom is 0.268 e. The average Bonchev–Trinajstić information content (AvgIpc) is 2.81. The van der Waals surface area contributed by atoms with Gasteiger partial charge in [0.2, 0.25) is 0 Å². The summed E-state index contributed by atoms with van der Waals surface area (Å²) in [6.45, 7) is 2.53. The topological polar surface area (TPSA) is 32.8 Å². The van der Waals surface area contributed by atoms with E-state index in [9.17, 15) is 4.79 Å². The first kappa shape index (κ1) is 15.1. The van der Waals surface area contributed by atoms with E-state index < -0.39 is 0 Å². The number of hydrogen-bond acceptors (Lipinski definition) is 5. The second-order valence-corrected chi connectivity index (χ2v) is 6.59. The fourth-order valence-corrected chi connectivity index (χ4v) is 4.03. The lowest BCUT2D eigenvalue weighted by Gasteiger charge is -2.27. The van der Waals surface area contributed by atoms with Crippen LogP contribution in [0.15, 0.2) is 34.9 Å². The van der Waals surface area contributed by atoms with Gasteiger partial charge in [0.05, 0.1) is 12.8 Å². The highest BCUT2D eigenvalue weighted by Crippen LogP contribution is 2.39. The predicted molar refractivity (Wildman–Crippen MR) is 95.0 cm³/mol. The first-order chi connectivity index (χ1) is 10.6. The van der Waals surface area contributed by atoms with Crippen molar-refractivity contribution in [1.82, 2.24) is 4.90 Å². The molecule has 0 saturated carbocycles. The lowest BCUT2D eigenvalue weighted by Crippen LogP contribution is -2.29. The van der Waals surface area contributed by atoms with Crippen LogP contribution in [0.25, 0.3) is 6.08 Å². The third-order valence-corrected chi connectivity index (χ3v) is 5.23. The Labute approximate surface area is 139 Å². The molecule has 2 aliphatic heterocycles. The van der Waals surface area contributed by atoms with Crippen molar-refractivity contribution in [3.63, 3.8) is 0 Å². The molecule has 2 heterocycles. The van der Waals surface area contributed by atoms with Crippen LogP contribution >= 0.6 is 24.0 Å². The fraction of sp³-hybridized carbons (Fsp3) is 0.250. The van der Waals surface area contributed by atoms with E-state index >= 15 is 0 Å². The molecule has 1 aromatic carbocycles. The lowest BCUT2D eigenvalue weighted by molar-refractivity contribution is -0.122. The van der Waals surface area contributed by atoms with E-state index in [1.54, 1.807) is 12.0 Å². The Hall–Kier alpha value is -1.79. The molecule has 114 valence electrons. The van der Waals surface area contributed by atoms with E-state index in [-0.39, 0.29) is 5.91 Å². The lowest BCUT2D eigenvalue weighted by atomic mass is 10.1. The van der Waals surface area contributed by atoms with Gasteiger partial charge in [-0.3, -0.25) is 9.69 Å². The highest BCUT2D eigenvalue weighted by molar-refractivity contribution is 8.26. The maximum absolute atomic E-state index is 12.5. The van der Waals surface area contributed by atoms with E-state index in [1.807, 2.05) is 49.2 Å². The molecule has 0 aliphatic carbocycles. The van der Waals surface area contributed by atoms with E-state index in [0.29, 0.717) is 15.8 Å². The van der Waals surface area contributed by atoms with Crippen molar-refractivity contribution in [1.29, 1.82) is 0 Å². The molecule has 2 aliphatic rings. The number of carbonyl (C=O) groups is 1. The molecule has 4 nitrogen and oxygen atoms in total. The van der Waals surface area contributed by atoms with Gasteiger partial charge >= 0.3 is 0 Å². The molecule has 1 amide bonds. The smallest absolute Gasteiger partial charge is 0.268 e. The second kappa shape index (κ2) is 5.78. The molecule has 0 unspecified atom stereocenters. The molecular formula is C16H16N2O2S2. The zero-order chi connectivity index (χ0) is 15.9. The van der Waals surface area contributed by atoms with Crippen molar-refractivity contribution < 1.29 is 9.53 Å². The van der Waals surface area contributed by atoms with Crippen molar-refractivity contribution in [3.8, 4) is 5.75 Å². The molecule has 0 spiro atoms. The molecule has 0 atom stereocenters. The summed E-state index contributed by atoms with van der Waals surface area (Å²) in [5, 5.41) is 0. The third-order valence-electron chi connectivity index (χ3n) is 3.78. The predicted octanol–water partition coefficient (Wildman–Crippen LogP) is 3.25. The van der Waals surface area contributed by atoms with E-state index in [0.717, 1.165) is 22.7 Å². The number of nitrogens with zero attached hydrogens (tertiary/aromatic N) is 2. The fourth-order valence-electron chi connectivity index (χ4n) is 2.56. The van der Waals surface area contributed by atoms with Crippen molar-refractivity contribution in [3.05, 3.63) is 40.4 Å². The molecule has 6 heteroatoms. The summed E-state index contributed by atoms with van der Waals surface area (Å²) >= 11 is 6.66. The molecule has 1 aromatic rings. The van der Waals surface area contributed by atoms with Crippen LogP contribution < -0.4 is 9.64 Å². The molecule has 0 aromatic heterocycles. The minimum absolute atomic E-state index is 0.0130. The van der Waals surface area contributed by atoms with Gasteiger partial charge in [-0.25, -0.2) is 0 Å². The minimum atomic E-state index is -0.0130. The Morgan fingerprint density at radius 2 is 2.09 bits per heavy atom. The first-order valence-corrected chi connectivity index (χ1v) is 8.17. The number of thioether (sulfide) groups is 1. The number of hydrogen-bond donors (Lipinski definition) is 0. The van der Waals surface area contributed by atoms with E-state index in [4.69, 9.17) is 17.0 Å². The second-order valence-electron chi connectivity index (χ2n) is 4.95. The average molecular weight is 332 g/mol. The van der Waals surface area contributed by atoms with Crippen LogP contribution in [0.2, 0.25) is 0 Å². The number of fused-ring (bicyclic) bond motifs is 1. The van der Waals surface area contributed by atoms with Gasteiger partial charge in [0.1, 0.15) is 15.0 Å². The molecular weight excluding hydrogens is 316 g/mol. The standard InChI is InChI=1S/C16H16N2O2S2/c1-4-18-15(19)14(22-16(18)21)13-7-5-10-9-11(20-3)6-8-12(10)17(13)2/h5-9H,4H2,1-3H3. The number of carbonyl (C=O) groups excluding carboxylic acids is 1. The van der Waals surface area contributed by atoms with Crippen LogP contribution in [0.1, 0.15) is 12.5 Å². The van der Waals surface area contributed by atoms with Crippen molar-refractivity contribution in [2.75, 3.05) is 25.6 Å². The summed E-state index contributed by atoms with van der Waals surface area (Å²) in [7, 11) is 3.61. The molecule has 1 fully saturated rings. The van der Waals surface area contributed by atoms with Gasteiger partial charge in [0.15, 0.2) is 0 Å². The molecule has 22 heavy (non-hydrogen) atoms. The molecule has 3 rings (SSSR count). The highest BCUT2D eigenvalue weighted by Gasteiger charge is 2.34. The maximum atomic E-state index is 12.5. The van der Waals surface area contributed by atoms with Gasteiger partial charge in [0.25, 0.3) is 5.91 Å². The van der Waals surface area contributed by atoms with Crippen LogP contribution in [0, 0.1) is 0 Å². The van der Waals surface area contributed by atoms with Crippen LogP contribution in [0.5, 0.6) is 5.75 Å². The molecule has 1 saturated heterocycles. The Morgan fingerprint density at radius 3 is 2.73 bits per heavy atom. The molecule has 0 N–H and O–H groups in total. The van der Waals surface area contributed by atoms with Gasteiger partial charge in [-0.2, -0.15) is 0 Å². The van der Waals surface area contributed by atoms with Gasteiger partial charge in [-0.1, -0.05) is 30.1 Å². The summed E-state index contributed by atoms with van der Waals surface area (Å²) in [5.41, 5.74) is 2.99.